The molecule has 19 heavy (non-hydrogen) atoms. The molecule has 0 atom stereocenters. The van der Waals surface area contributed by atoms with E-state index in [0.29, 0.717) is 0 Å². The van der Waals surface area contributed by atoms with E-state index in [1.54, 1.807) is 24.3 Å². The van der Waals surface area contributed by atoms with E-state index < -0.39 is 10.1 Å². The topological polar surface area (TPSA) is 43.4 Å². The molecule has 0 radical (unpaired) electrons. The van der Waals surface area contributed by atoms with Gasteiger partial charge in [-0.25, -0.2) is 0 Å². The van der Waals surface area contributed by atoms with Gasteiger partial charge < -0.3 is 0 Å². The number of benzene rings is 2. The van der Waals surface area contributed by atoms with E-state index in [2.05, 4.69) is 22.6 Å². The van der Waals surface area contributed by atoms with Crippen LogP contribution >= 0.6 is 22.6 Å². The normalized spacial score (nSPS) is 11.5. The first-order chi connectivity index (χ1) is 8.97. The molecule has 2 rings (SSSR count). The minimum atomic E-state index is -3.69. The fourth-order valence-corrected chi connectivity index (χ4v) is 2.76. The summed E-state index contributed by atoms with van der Waals surface area (Å²) in [7, 11) is -3.69. The van der Waals surface area contributed by atoms with Crippen LogP contribution in [0.25, 0.3) is 0 Å². The zero-order valence-electron chi connectivity index (χ0n) is 10.3. The minimum Gasteiger partial charge on any atom is -0.262 e. The van der Waals surface area contributed by atoms with Crippen LogP contribution in [0.4, 0.5) is 0 Å². The monoisotopic (exact) mass is 388 g/mol. The van der Waals surface area contributed by atoms with Crippen molar-refractivity contribution < 1.29 is 12.6 Å². The summed E-state index contributed by atoms with van der Waals surface area (Å²) in [6, 6.07) is 14.1. The van der Waals surface area contributed by atoms with Gasteiger partial charge in [0.25, 0.3) is 10.1 Å². The predicted molar refractivity (Wildman–Crippen MR) is 82.3 cm³/mol. The maximum atomic E-state index is 12.0. The average Bonchev–Trinajstić information content (AvgIpc) is 2.39. The van der Waals surface area contributed by atoms with Crippen molar-refractivity contribution in [2.24, 2.45) is 0 Å². The van der Waals surface area contributed by atoms with Crippen LogP contribution in [0.1, 0.15) is 11.1 Å². The summed E-state index contributed by atoms with van der Waals surface area (Å²) in [5, 5.41) is 0. The van der Waals surface area contributed by atoms with E-state index in [-0.39, 0.29) is 11.5 Å². The van der Waals surface area contributed by atoms with Crippen molar-refractivity contribution in [2.75, 3.05) is 0 Å². The molecule has 0 amide bonds. The van der Waals surface area contributed by atoms with E-state index in [9.17, 15) is 8.42 Å². The van der Waals surface area contributed by atoms with Crippen molar-refractivity contribution >= 4 is 32.7 Å². The summed E-state index contributed by atoms with van der Waals surface area (Å²) >= 11 is 2.19. The highest BCUT2D eigenvalue weighted by molar-refractivity contribution is 14.1. The lowest BCUT2D eigenvalue weighted by Gasteiger charge is -2.06. The molecule has 0 aliphatic rings. The van der Waals surface area contributed by atoms with Gasteiger partial charge in [-0.1, -0.05) is 29.8 Å². The Morgan fingerprint density at radius 3 is 2.16 bits per heavy atom. The van der Waals surface area contributed by atoms with E-state index in [1.807, 2.05) is 31.2 Å². The maximum absolute atomic E-state index is 12.0. The van der Waals surface area contributed by atoms with Gasteiger partial charge in [0.1, 0.15) is 0 Å². The molecule has 2 aromatic rings. The van der Waals surface area contributed by atoms with Crippen molar-refractivity contribution in [3.63, 3.8) is 0 Å². The van der Waals surface area contributed by atoms with E-state index in [4.69, 9.17) is 4.18 Å². The molecular formula is C14H13IO3S. The molecule has 100 valence electrons. The predicted octanol–water partition coefficient (Wildman–Crippen LogP) is 3.51. The van der Waals surface area contributed by atoms with Gasteiger partial charge in [0.05, 0.1) is 11.5 Å². The molecule has 0 spiro atoms. The van der Waals surface area contributed by atoms with Gasteiger partial charge in [-0.3, -0.25) is 4.18 Å². The van der Waals surface area contributed by atoms with Crippen molar-refractivity contribution in [1.82, 2.24) is 0 Å². The van der Waals surface area contributed by atoms with E-state index >= 15 is 0 Å². The first-order valence-electron chi connectivity index (χ1n) is 5.68. The van der Waals surface area contributed by atoms with Crippen LogP contribution in [-0.2, 0) is 20.9 Å². The second-order valence-corrected chi connectivity index (χ2v) is 7.02. The fourth-order valence-electron chi connectivity index (χ4n) is 1.50. The third-order valence-electron chi connectivity index (χ3n) is 2.60. The van der Waals surface area contributed by atoms with Crippen molar-refractivity contribution in [2.45, 2.75) is 18.4 Å². The third-order valence-corrected chi connectivity index (χ3v) is 4.60. The van der Waals surface area contributed by atoms with Crippen LogP contribution in [0, 0.1) is 10.5 Å². The molecule has 0 aliphatic carbocycles. The number of rotatable bonds is 4. The van der Waals surface area contributed by atoms with Crippen LogP contribution < -0.4 is 0 Å². The third kappa shape index (κ3) is 4.02. The van der Waals surface area contributed by atoms with Crippen LogP contribution in [-0.4, -0.2) is 8.42 Å². The number of aryl methyl sites for hydroxylation is 1. The molecule has 0 aromatic heterocycles. The largest absolute Gasteiger partial charge is 0.297 e. The Balaban J connectivity index is 2.09. The van der Waals surface area contributed by atoms with Gasteiger partial charge in [0.2, 0.25) is 0 Å². The molecular weight excluding hydrogens is 375 g/mol. The molecule has 0 aliphatic heterocycles. The zero-order chi connectivity index (χ0) is 13.9. The highest BCUT2D eigenvalue weighted by Crippen LogP contribution is 2.16. The van der Waals surface area contributed by atoms with Gasteiger partial charge in [0, 0.05) is 3.57 Å². The smallest absolute Gasteiger partial charge is 0.262 e. The van der Waals surface area contributed by atoms with Crippen LogP contribution in [0.15, 0.2) is 53.4 Å². The molecule has 2 aromatic carbocycles. The number of hydrogen-bond donors (Lipinski definition) is 0. The Morgan fingerprint density at radius 1 is 1.00 bits per heavy atom. The van der Waals surface area contributed by atoms with Crippen LogP contribution in [0.2, 0.25) is 0 Å². The summed E-state index contributed by atoms with van der Waals surface area (Å²) < 4.78 is 30.1. The minimum absolute atomic E-state index is 0.0487. The van der Waals surface area contributed by atoms with Gasteiger partial charge in [-0.05, 0) is 59.3 Å². The first-order valence-corrected chi connectivity index (χ1v) is 8.17. The fraction of sp³-hybridized carbons (Fsp3) is 0.143. The van der Waals surface area contributed by atoms with Crippen LogP contribution in [0.3, 0.4) is 0 Å². The lowest BCUT2D eigenvalue weighted by molar-refractivity contribution is 0.308. The zero-order valence-corrected chi connectivity index (χ0v) is 13.3. The Labute approximate surface area is 126 Å². The molecule has 0 heterocycles. The van der Waals surface area contributed by atoms with Gasteiger partial charge in [0.15, 0.2) is 0 Å². The van der Waals surface area contributed by atoms with Gasteiger partial charge in [-0.2, -0.15) is 8.42 Å². The number of halogens is 1. The highest BCUT2D eigenvalue weighted by atomic mass is 127. The standard InChI is InChI=1S/C14H13IO3S/c1-11-2-8-14(9-3-11)19(16,17)18-10-12-4-6-13(15)7-5-12/h2-9H,10H2,1H3. The molecule has 0 unspecified atom stereocenters. The summed E-state index contributed by atoms with van der Waals surface area (Å²) in [5.41, 5.74) is 1.84. The van der Waals surface area contributed by atoms with Gasteiger partial charge in [-0.15, -0.1) is 0 Å². The molecule has 0 fully saturated rings. The Bertz CT molecular complexity index is 646. The molecule has 0 N–H and O–H groups in total. The molecule has 5 heteroatoms. The summed E-state index contributed by atoms with van der Waals surface area (Å²) in [6.45, 7) is 1.95. The van der Waals surface area contributed by atoms with Crippen molar-refractivity contribution in [3.05, 3.63) is 63.2 Å². The summed E-state index contributed by atoms with van der Waals surface area (Å²) in [5.74, 6) is 0. The summed E-state index contributed by atoms with van der Waals surface area (Å²) in [4.78, 5) is 0.184. The molecule has 3 nitrogen and oxygen atoms in total. The van der Waals surface area contributed by atoms with E-state index in [0.717, 1.165) is 14.7 Å². The second kappa shape index (κ2) is 6.02. The lowest BCUT2D eigenvalue weighted by Crippen LogP contribution is -2.06. The number of hydrogen-bond acceptors (Lipinski definition) is 3. The maximum Gasteiger partial charge on any atom is 0.297 e. The first kappa shape index (κ1) is 14.5. The highest BCUT2D eigenvalue weighted by Gasteiger charge is 2.14. The van der Waals surface area contributed by atoms with Crippen LogP contribution in [0.5, 0.6) is 0 Å². The Hall–Kier alpha value is -0.920. The summed E-state index contributed by atoms with van der Waals surface area (Å²) in [6.07, 6.45) is 0. The van der Waals surface area contributed by atoms with Gasteiger partial charge >= 0.3 is 0 Å². The lowest BCUT2D eigenvalue weighted by atomic mass is 10.2. The van der Waals surface area contributed by atoms with Crippen molar-refractivity contribution in [3.8, 4) is 0 Å². The second-order valence-electron chi connectivity index (χ2n) is 4.16. The van der Waals surface area contributed by atoms with Crippen molar-refractivity contribution in [1.29, 1.82) is 0 Å². The quantitative estimate of drug-likeness (QED) is 0.595. The molecule has 0 bridgehead atoms. The molecule has 0 saturated heterocycles. The SMILES string of the molecule is Cc1ccc(S(=O)(=O)OCc2ccc(I)cc2)cc1. The average molecular weight is 388 g/mol. The molecule has 0 saturated carbocycles. The Morgan fingerprint density at radius 2 is 1.58 bits per heavy atom. The van der Waals surface area contributed by atoms with E-state index in [1.165, 1.54) is 0 Å². The Kier molecular flexibility index (Phi) is 4.59.